The van der Waals surface area contributed by atoms with Crippen LogP contribution in [0.2, 0.25) is 0 Å². The van der Waals surface area contributed by atoms with Gasteiger partial charge in [0.05, 0.1) is 7.11 Å². The molecule has 0 bridgehead atoms. The predicted molar refractivity (Wildman–Crippen MR) is 78.8 cm³/mol. The van der Waals surface area contributed by atoms with Crippen molar-refractivity contribution in [2.45, 2.75) is 6.92 Å². The summed E-state index contributed by atoms with van der Waals surface area (Å²) in [5.74, 6) is 0.806. The maximum Gasteiger partial charge on any atom is 0.336 e. The highest BCUT2D eigenvalue weighted by molar-refractivity contribution is 5.88. The van der Waals surface area contributed by atoms with E-state index in [1.165, 1.54) is 11.6 Å². The van der Waals surface area contributed by atoms with Gasteiger partial charge in [0.2, 0.25) is 0 Å². The maximum absolute atomic E-state index is 11.7. The summed E-state index contributed by atoms with van der Waals surface area (Å²) in [7, 11) is 1.59. The fourth-order valence-electron chi connectivity index (χ4n) is 1.64. The minimum Gasteiger partial charge on any atom is -0.497 e. The van der Waals surface area contributed by atoms with E-state index >= 15 is 0 Å². The number of ether oxygens (including phenoxy) is 2. The Morgan fingerprint density at radius 2 is 1.55 bits per heavy atom. The van der Waals surface area contributed by atoms with Crippen molar-refractivity contribution < 1.29 is 14.3 Å². The zero-order valence-corrected chi connectivity index (χ0v) is 11.5. The molecular formula is C17H16O3. The summed E-state index contributed by atoms with van der Waals surface area (Å²) in [6.07, 6.45) is 3.14. The summed E-state index contributed by atoms with van der Waals surface area (Å²) in [4.78, 5) is 11.7. The second-order valence-electron chi connectivity index (χ2n) is 4.34. The molecule has 0 amide bonds. The number of benzene rings is 2. The van der Waals surface area contributed by atoms with Gasteiger partial charge in [-0.2, -0.15) is 0 Å². The number of hydrogen-bond acceptors (Lipinski definition) is 3. The van der Waals surface area contributed by atoms with E-state index in [0.717, 1.165) is 11.3 Å². The third-order valence-corrected chi connectivity index (χ3v) is 2.77. The van der Waals surface area contributed by atoms with Gasteiger partial charge in [0.15, 0.2) is 0 Å². The monoisotopic (exact) mass is 268 g/mol. The van der Waals surface area contributed by atoms with Crippen LogP contribution < -0.4 is 9.47 Å². The van der Waals surface area contributed by atoms with Gasteiger partial charge in [-0.25, -0.2) is 4.79 Å². The molecule has 0 N–H and O–H groups in total. The molecule has 2 aromatic rings. The van der Waals surface area contributed by atoms with Gasteiger partial charge in [-0.1, -0.05) is 29.8 Å². The average Bonchev–Trinajstić information content (AvgIpc) is 2.47. The Balaban J connectivity index is 1.96. The highest BCUT2D eigenvalue weighted by Gasteiger charge is 2.00. The molecule has 0 aliphatic heterocycles. The molecule has 2 aromatic carbocycles. The summed E-state index contributed by atoms with van der Waals surface area (Å²) >= 11 is 0. The van der Waals surface area contributed by atoms with Crippen LogP contribution in [-0.4, -0.2) is 13.1 Å². The van der Waals surface area contributed by atoms with Crippen LogP contribution in [0.3, 0.4) is 0 Å². The van der Waals surface area contributed by atoms with E-state index in [1.54, 1.807) is 37.5 Å². The van der Waals surface area contributed by atoms with Crippen molar-refractivity contribution in [3.8, 4) is 11.5 Å². The SMILES string of the molecule is COc1ccc(OC(=O)C=Cc2ccc(C)cc2)cc1. The van der Waals surface area contributed by atoms with Gasteiger partial charge in [-0.15, -0.1) is 0 Å². The normalized spacial score (nSPS) is 10.5. The first-order chi connectivity index (χ1) is 9.67. The number of aryl methyl sites for hydroxylation is 1. The molecular weight excluding hydrogens is 252 g/mol. The Morgan fingerprint density at radius 3 is 2.15 bits per heavy atom. The second-order valence-corrected chi connectivity index (χ2v) is 4.34. The summed E-state index contributed by atoms with van der Waals surface area (Å²) < 4.78 is 10.2. The van der Waals surface area contributed by atoms with Crippen molar-refractivity contribution in [1.29, 1.82) is 0 Å². The number of methoxy groups -OCH3 is 1. The lowest BCUT2D eigenvalue weighted by atomic mass is 10.1. The largest absolute Gasteiger partial charge is 0.497 e. The van der Waals surface area contributed by atoms with Crippen molar-refractivity contribution in [2.75, 3.05) is 7.11 Å². The zero-order chi connectivity index (χ0) is 14.4. The molecule has 0 unspecified atom stereocenters. The Hall–Kier alpha value is -2.55. The second kappa shape index (κ2) is 6.57. The van der Waals surface area contributed by atoms with E-state index in [9.17, 15) is 4.79 Å². The summed E-state index contributed by atoms with van der Waals surface area (Å²) in [6, 6.07) is 14.8. The van der Waals surface area contributed by atoms with Gasteiger partial charge in [-0.3, -0.25) is 0 Å². The third-order valence-electron chi connectivity index (χ3n) is 2.77. The van der Waals surface area contributed by atoms with Crippen LogP contribution in [0.5, 0.6) is 11.5 Å². The van der Waals surface area contributed by atoms with E-state index in [1.807, 2.05) is 31.2 Å². The molecule has 20 heavy (non-hydrogen) atoms. The number of carbonyl (C=O) groups excluding carboxylic acids is 1. The Kier molecular flexibility index (Phi) is 4.56. The molecule has 3 heteroatoms. The molecule has 0 fully saturated rings. The van der Waals surface area contributed by atoms with E-state index in [0.29, 0.717) is 5.75 Å². The molecule has 0 saturated carbocycles. The number of hydrogen-bond donors (Lipinski definition) is 0. The fraction of sp³-hybridized carbons (Fsp3) is 0.118. The summed E-state index contributed by atoms with van der Waals surface area (Å²) in [6.45, 7) is 2.02. The topological polar surface area (TPSA) is 35.5 Å². The summed E-state index contributed by atoms with van der Waals surface area (Å²) in [5.41, 5.74) is 2.14. The predicted octanol–water partition coefficient (Wildman–Crippen LogP) is 3.62. The first kappa shape index (κ1) is 13.9. The number of rotatable bonds is 4. The maximum atomic E-state index is 11.7. The van der Waals surface area contributed by atoms with E-state index in [-0.39, 0.29) is 0 Å². The van der Waals surface area contributed by atoms with Crippen molar-refractivity contribution >= 4 is 12.0 Å². The lowest BCUT2D eigenvalue weighted by Gasteiger charge is -2.03. The number of esters is 1. The van der Waals surface area contributed by atoms with Crippen LogP contribution >= 0.6 is 0 Å². The molecule has 0 atom stereocenters. The molecule has 2 rings (SSSR count). The average molecular weight is 268 g/mol. The van der Waals surface area contributed by atoms with E-state index in [4.69, 9.17) is 9.47 Å². The molecule has 0 aliphatic carbocycles. The van der Waals surface area contributed by atoms with E-state index in [2.05, 4.69) is 0 Å². The standard InChI is InChI=1S/C17H16O3/c1-13-3-5-14(6-4-13)7-12-17(18)20-16-10-8-15(19-2)9-11-16/h3-12H,1-2H3. The highest BCUT2D eigenvalue weighted by Crippen LogP contribution is 2.17. The number of carbonyl (C=O) groups is 1. The van der Waals surface area contributed by atoms with Gasteiger partial charge in [-0.05, 0) is 42.8 Å². The molecule has 0 heterocycles. The minimum atomic E-state index is -0.407. The smallest absolute Gasteiger partial charge is 0.336 e. The lowest BCUT2D eigenvalue weighted by molar-refractivity contribution is -0.128. The Labute approximate surface area is 118 Å². The Bertz CT molecular complexity index is 595. The van der Waals surface area contributed by atoms with Crippen LogP contribution in [0.4, 0.5) is 0 Å². The molecule has 0 radical (unpaired) electrons. The quantitative estimate of drug-likeness (QED) is 0.482. The molecule has 3 nitrogen and oxygen atoms in total. The van der Waals surface area contributed by atoms with Crippen molar-refractivity contribution in [1.82, 2.24) is 0 Å². The van der Waals surface area contributed by atoms with Gasteiger partial charge in [0.1, 0.15) is 11.5 Å². The fourth-order valence-corrected chi connectivity index (χ4v) is 1.64. The van der Waals surface area contributed by atoms with Crippen LogP contribution in [0.25, 0.3) is 6.08 Å². The molecule has 0 aromatic heterocycles. The van der Waals surface area contributed by atoms with Crippen molar-refractivity contribution in [3.63, 3.8) is 0 Å². The first-order valence-corrected chi connectivity index (χ1v) is 6.28. The van der Waals surface area contributed by atoms with Gasteiger partial charge in [0.25, 0.3) is 0 Å². The highest BCUT2D eigenvalue weighted by atomic mass is 16.5. The van der Waals surface area contributed by atoms with Crippen LogP contribution in [0, 0.1) is 6.92 Å². The zero-order valence-electron chi connectivity index (χ0n) is 11.5. The third kappa shape index (κ3) is 3.99. The molecule has 102 valence electrons. The van der Waals surface area contributed by atoms with E-state index < -0.39 is 5.97 Å². The van der Waals surface area contributed by atoms with Gasteiger partial charge < -0.3 is 9.47 Å². The van der Waals surface area contributed by atoms with Crippen molar-refractivity contribution in [3.05, 3.63) is 65.7 Å². The minimum absolute atomic E-state index is 0.407. The van der Waals surface area contributed by atoms with Crippen LogP contribution in [0.15, 0.2) is 54.6 Å². The molecule has 0 aliphatic rings. The van der Waals surface area contributed by atoms with Crippen LogP contribution in [0.1, 0.15) is 11.1 Å². The molecule has 0 spiro atoms. The van der Waals surface area contributed by atoms with Crippen molar-refractivity contribution in [2.24, 2.45) is 0 Å². The summed E-state index contributed by atoms with van der Waals surface area (Å²) in [5, 5.41) is 0. The van der Waals surface area contributed by atoms with Gasteiger partial charge >= 0.3 is 5.97 Å². The first-order valence-electron chi connectivity index (χ1n) is 6.28. The molecule has 0 saturated heterocycles. The lowest BCUT2D eigenvalue weighted by Crippen LogP contribution is -2.03. The van der Waals surface area contributed by atoms with Crippen LogP contribution in [-0.2, 0) is 4.79 Å². The van der Waals surface area contributed by atoms with Gasteiger partial charge in [0, 0.05) is 6.08 Å². The Morgan fingerprint density at radius 1 is 0.950 bits per heavy atom.